The summed E-state index contributed by atoms with van der Waals surface area (Å²) in [4.78, 5) is 13.8. The first-order valence-corrected chi connectivity index (χ1v) is 10.7. The fourth-order valence-corrected chi connectivity index (χ4v) is 4.68. The van der Waals surface area contributed by atoms with Gasteiger partial charge < -0.3 is 15.1 Å². The molecule has 0 amide bonds. The second-order valence-electron chi connectivity index (χ2n) is 7.18. The molecule has 0 bridgehead atoms. The zero-order valence-electron chi connectivity index (χ0n) is 16.2. The first kappa shape index (κ1) is 18.2. The van der Waals surface area contributed by atoms with Crippen LogP contribution in [0.2, 0.25) is 0 Å². The number of nitrogens with zero attached hydrogens (tertiary/aromatic N) is 5. The van der Waals surface area contributed by atoms with Crippen molar-refractivity contribution < 1.29 is 0 Å². The Morgan fingerprint density at radius 3 is 2.74 bits per heavy atom. The second-order valence-corrected chi connectivity index (χ2v) is 7.91. The van der Waals surface area contributed by atoms with E-state index in [1.54, 1.807) is 0 Å². The predicted octanol–water partition coefficient (Wildman–Crippen LogP) is 2.49. The number of guanidine groups is 1. The first-order valence-electron chi connectivity index (χ1n) is 9.90. The molecule has 1 aromatic heterocycles. The highest BCUT2D eigenvalue weighted by molar-refractivity contribution is 7.09. The quantitative estimate of drug-likeness (QED) is 0.648. The summed E-state index contributed by atoms with van der Waals surface area (Å²) >= 11 is 1.51. The van der Waals surface area contributed by atoms with Crippen LogP contribution < -0.4 is 10.2 Å². The number of rotatable bonds is 4. The standard InChI is InChI=1S/C20H28N6S/c1-3-18-23-20(27-24-18)26-11-9-25(10-12-26)19(21-2)22-14-15-7-8-16-5-4-6-17(16)13-15/h7-8,13H,3-6,9-12,14H2,1-2H3,(H,21,22). The van der Waals surface area contributed by atoms with Crippen molar-refractivity contribution in [1.82, 2.24) is 19.6 Å². The van der Waals surface area contributed by atoms with Crippen LogP contribution in [0.1, 0.15) is 35.9 Å². The van der Waals surface area contributed by atoms with E-state index in [1.165, 1.54) is 47.5 Å². The number of benzene rings is 1. The van der Waals surface area contributed by atoms with Gasteiger partial charge in [0, 0.05) is 57.7 Å². The Kier molecular flexibility index (Phi) is 5.57. The second kappa shape index (κ2) is 8.25. The Balaban J connectivity index is 1.31. The lowest BCUT2D eigenvalue weighted by Gasteiger charge is -2.36. The van der Waals surface area contributed by atoms with Crippen LogP contribution in [-0.2, 0) is 25.8 Å². The van der Waals surface area contributed by atoms with Gasteiger partial charge in [0.1, 0.15) is 5.82 Å². The van der Waals surface area contributed by atoms with Gasteiger partial charge in [0.25, 0.3) is 0 Å². The van der Waals surface area contributed by atoms with Gasteiger partial charge in [-0.1, -0.05) is 25.1 Å². The van der Waals surface area contributed by atoms with E-state index in [-0.39, 0.29) is 0 Å². The predicted molar refractivity (Wildman–Crippen MR) is 112 cm³/mol. The number of aryl methyl sites for hydroxylation is 3. The number of hydrogen-bond donors (Lipinski definition) is 1. The van der Waals surface area contributed by atoms with Crippen molar-refractivity contribution in [3.05, 3.63) is 40.7 Å². The fourth-order valence-electron chi connectivity index (χ4n) is 3.87. The molecule has 4 rings (SSSR count). The molecule has 2 heterocycles. The summed E-state index contributed by atoms with van der Waals surface area (Å²) in [6, 6.07) is 6.91. The minimum absolute atomic E-state index is 0.830. The highest BCUT2D eigenvalue weighted by atomic mass is 32.1. The van der Waals surface area contributed by atoms with E-state index < -0.39 is 0 Å². The Morgan fingerprint density at radius 2 is 2.00 bits per heavy atom. The molecule has 1 aromatic carbocycles. The number of piperazine rings is 1. The molecule has 1 aliphatic heterocycles. The lowest BCUT2D eigenvalue weighted by Crippen LogP contribution is -2.52. The molecule has 0 radical (unpaired) electrons. The number of nitrogens with one attached hydrogen (secondary N) is 1. The van der Waals surface area contributed by atoms with Gasteiger partial charge in [0.15, 0.2) is 5.96 Å². The molecule has 1 fully saturated rings. The molecule has 7 heteroatoms. The van der Waals surface area contributed by atoms with Crippen molar-refractivity contribution in [3.8, 4) is 0 Å². The van der Waals surface area contributed by atoms with Crippen LogP contribution in [0, 0.1) is 0 Å². The molecular weight excluding hydrogens is 356 g/mol. The van der Waals surface area contributed by atoms with Gasteiger partial charge >= 0.3 is 0 Å². The van der Waals surface area contributed by atoms with E-state index in [9.17, 15) is 0 Å². The molecule has 1 saturated heterocycles. The maximum atomic E-state index is 4.62. The molecule has 2 aliphatic rings. The molecule has 144 valence electrons. The zero-order chi connectivity index (χ0) is 18.6. The molecule has 0 atom stereocenters. The van der Waals surface area contributed by atoms with E-state index >= 15 is 0 Å². The molecule has 27 heavy (non-hydrogen) atoms. The Morgan fingerprint density at radius 1 is 1.19 bits per heavy atom. The van der Waals surface area contributed by atoms with E-state index in [4.69, 9.17) is 0 Å². The summed E-state index contributed by atoms with van der Waals surface area (Å²) in [5, 5.41) is 4.60. The van der Waals surface area contributed by atoms with Crippen LogP contribution in [0.15, 0.2) is 23.2 Å². The molecule has 0 spiro atoms. The van der Waals surface area contributed by atoms with Crippen LogP contribution in [0.4, 0.5) is 5.13 Å². The molecule has 6 nitrogen and oxygen atoms in total. The minimum atomic E-state index is 0.830. The SMILES string of the molecule is CCc1nsc(N2CCN(C(=NC)NCc3ccc4c(c3)CCC4)CC2)n1. The van der Waals surface area contributed by atoms with Crippen molar-refractivity contribution in [2.75, 3.05) is 38.1 Å². The third-order valence-electron chi connectivity index (χ3n) is 5.45. The topological polar surface area (TPSA) is 56.7 Å². The molecule has 1 N–H and O–H groups in total. The van der Waals surface area contributed by atoms with Gasteiger partial charge in [-0.15, -0.1) is 0 Å². The van der Waals surface area contributed by atoms with Gasteiger partial charge in [-0.3, -0.25) is 4.99 Å². The van der Waals surface area contributed by atoms with Gasteiger partial charge in [-0.2, -0.15) is 4.37 Å². The summed E-state index contributed by atoms with van der Waals surface area (Å²) in [5.74, 6) is 1.94. The maximum absolute atomic E-state index is 4.62. The summed E-state index contributed by atoms with van der Waals surface area (Å²) < 4.78 is 4.41. The maximum Gasteiger partial charge on any atom is 0.205 e. The zero-order valence-corrected chi connectivity index (χ0v) is 17.1. The highest BCUT2D eigenvalue weighted by Gasteiger charge is 2.22. The summed E-state index contributed by atoms with van der Waals surface area (Å²) in [6.45, 7) is 6.74. The van der Waals surface area contributed by atoms with Crippen LogP contribution in [0.5, 0.6) is 0 Å². The normalized spacial score (nSPS) is 17.3. The van der Waals surface area contributed by atoms with E-state index in [1.807, 2.05) is 7.05 Å². The Bertz CT molecular complexity index is 807. The van der Waals surface area contributed by atoms with E-state index in [0.717, 1.165) is 56.1 Å². The van der Waals surface area contributed by atoms with Crippen LogP contribution >= 0.6 is 11.5 Å². The van der Waals surface area contributed by atoms with Gasteiger partial charge in [-0.05, 0) is 36.0 Å². The lowest BCUT2D eigenvalue weighted by molar-refractivity contribution is 0.372. The van der Waals surface area contributed by atoms with Crippen LogP contribution in [0.3, 0.4) is 0 Å². The Hall–Kier alpha value is -2.15. The summed E-state index contributed by atoms with van der Waals surface area (Å²) in [7, 11) is 1.87. The molecule has 0 unspecified atom stereocenters. The molecular formula is C20H28N6S. The van der Waals surface area contributed by atoms with E-state index in [0.29, 0.717) is 0 Å². The van der Waals surface area contributed by atoms with Gasteiger partial charge in [0.05, 0.1) is 0 Å². The fraction of sp³-hybridized carbons (Fsp3) is 0.550. The largest absolute Gasteiger partial charge is 0.352 e. The summed E-state index contributed by atoms with van der Waals surface area (Å²) in [5.41, 5.74) is 4.40. The van der Waals surface area contributed by atoms with Crippen LogP contribution in [-0.4, -0.2) is 53.4 Å². The smallest absolute Gasteiger partial charge is 0.205 e. The third-order valence-corrected chi connectivity index (χ3v) is 6.26. The van der Waals surface area contributed by atoms with Crippen molar-refractivity contribution >= 4 is 22.6 Å². The Labute approximate surface area is 165 Å². The van der Waals surface area contributed by atoms with Crippen LogP contribution in [0.25, 0.3) is 0 Å². The number of fused-ring (bicyclic) bond motifs is 1. The minimum Gasteiger partial charge on any atom is -0.352 e. The number of aliphatic imine (C=N–C) groups is 1. The van der Waals surface area contributed by atoms with Crippen molar-refractivity contribution in [2.45, 2.75) is 39.2 Å². The molecule has 1 aliphatic carbocycles. The third kappa shape index (κ3) is 4.08. The lowest BCUT2D eigenvalue weighted by atomic mass is 10.1. The molecule has 0 saturated carbocycles. The van der Waals surface area contributed by atoms with Crippen molar-refractivity contribution in [2.24, 2.45) is 4.99 Å². The average molecular weight is 385 g/mol. The van der Waals surface area contributed by atoms with Gasteiger partial charge in [0.2, 0.25) is 5.13 Å². The highest BCUT2D eigenvalue weighted by Crippen LogP contribution is 2.23. The average Bonchev–Trinajstić information content (AvgIpc) is 3.38. The number of anilines is 1. The monoisotopic (exact) mass is 384 g/mol. The summed E-state index contributed by atoms with van der Waals surface area (Å²) in [6.07, 6.45) is 4.66. The van der Waals surface area contributed by atoms with Gasteiger partial charge in [-0.25, -0.2) is 4.98 Å². The first-order chi connectivity index (χ1) is 13.3. The number of aromatic nitrogens is 2. The van der Waals surface area contributed by atoms with E-state index in [2.05, 4.69) is 54.6 Å². The van der Waals surface area contributed by atoms with Crippen molar-refractivity contribution in [3.63, 3.8) is 0 Å². The van der Waals surface area contributed by atoms with Crippen molar-refractivity contribution in [1.29, 1.82) is 0 Å². The molecule has 2 aromatic rings. The number of hydrogen-bond acceptors (Lipinski definition) is 5.